The minimum Gasteiger partial charge on any atom is -0.431 e. The van der Waals surface area contributed by atoms with Gasteiger partial charge in [0.05, 0.1) is 4.92 Å². The van der Waals surface area contributed by atoms with E-state index >= 15 is 0 Å². The Balaban J connectivity index is 2.14. The van der Waals surface area contributed by atoms with E-state index in [1.165, 1.54) is 0 Å². The number of nitrogens with two attached hydrogens (primary N) is 1. The molecule has 0 bridgehead atoms. The van der Waals surface area contributed by atoms with E-state index in [1.54, 1.807) is 24.4 Å². The van der Waals surface area contributed by atoms with Crippen LogP contribution >= 0.6 is 15.9 Å². The van der Waals surface area contributed by atoms with Crippen LogP contribution in [0.5, 0.6) is 11.6 Å². The molecule has 22 heavy (non-hydrogen) atoms. The minimum absolute atomic E-state index is 0.230. The summed E-state index contributed by atoms with van der Waals surface area (Å²) in [5.74, 6) is -0.156. The monoisotopic (exact) mass is 361 g/mol. The van der Waals surface area contributed by atoms with E-state index in [1.807, 2.05) is 6.07 Å². The quantitative estimate of drug-likeness (QED) is 0.562. The summed E-state index contributed by atoms with van der Waals surface area (Å²) in [5, 5.41) is 11.9. The zero-order valence-electron chi connectivity index (χ0n) is 10.9. The van der Waals surface area contributed by atoms with Gasteiger partial charge in [0.1, 0.15) is 11.8 Å². The van der Waals surface area contributed by atoms with Gasteiger partial charge in [-0.1, -0.05) is 22.0 Å². The maximum Gasteiger partial charge on any atom is 0.372 e. The Morgan fingerprint density at radius 3 is 2.82 bits per heavy atom. The lowest BCUT2D eigenvalue weighted by molar-refractivity contribution is -0.385. The maximum atomic E-state index is 11.1. The lowest BCUT2D eigenvalue weighted by atomic mass is 10.2. The number of rotatable bonds is 3. The van der Waals surface area contributed by atoms with Crippen LogP contribution < -0.4 is 10.5 Å². The second-order valence-electron chi connectivity index (χ2n) is 4.22. The van der Waals surface area contributed by atoms with Gasteiger partial charge in [-0.05, 0) is 18.2 Å². The molecule has 0 aliphatic heterocycles. The molecule has 1 aromatic carbocycles. The van der Waals surface area contributed by atoms with Crippen molar-refractivity contribution in [3.05, 3.63) is 51.4 Å². The molecule has 2 heterocycles. The molecule has 0 amide bonds. The smallest absolute Gasteiger partial charge is 0.372 e. The highest BCUT2D eigenvalue weighted by Gasteiger charge is 2.23. The molecule has 0 atom stereocenters. The molecule has 3 aromatic rings. The van der Waals surface area contributed by atoms with Crippen molar-refractivity contribution in [2.24, 2.45) is 0 Å². The molecular weight excluding hydrogens is 354 g/mol. The third kappa shape index (κ3) is 2.42. The maximum absolute atomic E-state index is 11.1. The summed E-state index contributed by atoms with van der Waals surface area (Å²) in [6.07, 6.45) is 2.70. The molecule has 2 aromatic heterocycles. The highest BCUT2D eigenvalue weighted by Crippen LogP contribution is 2.36. The van der Waals surface area contributed by atoms with E-state index < -0.39 is 10.6 Å². The molecule has 0 fully saturated rings. The number of halogens is 1. The molecule has 0 saturated heterocycles. The van der Waals surface area contributed by atoms with Crippen molar-refractivity contribution in [2.45, 2.75) is 0 Å². The Morgan fingerprint density at radius 2 is 2.05 bits per heavy atom. The van der Waals surface area contributed by atoms with Gasteiger partial charge >= 0.3 is 11.6 Å². The van der Waals surface area contributed by atoms with Gasteiger partial charge < -0.3 is 10.5 Å². The third-order valence-corrected chi connectivity index (χ3v) is 3.58. The van der Waals surface area contributed by atoms with Crippen LogP contribution in [-0.2, 0) is 0 Å². The summed E-state index contributed by atoms with van der Waals surface area (Å²) in [6, 6.07) is 7.03. The van der Waals surface area contributed by atoms with Crippen LogP contribution in [0.25, 0.3) is 10.9 Å². The minimum atomic E-state index is -0.681. The number of ether oxygens (including phenoxy) is 1. The van der Waals surface area contributed by atoms with E-state index in [4.69, 9.17) is 10.5 Å². The van der Waals surface area contributed by atoms with Crippen LogP contribution in [0.1, 0.15) is 0 Å². The summed E-state index contributed by atoms with van der Waals surface area (Å²) in [7, 11) is 0. The summed E-state index contributed by atoms with van der Waals surface area (Å²) >= 11 is 3.42. The van der Waals surface area contributed by atoms with Gasteiger partial charge in [-0.3, -0.25) is 15.1 Å². The van der Waals surface area contributed by atoms with Crippen molar-refractivity contribution in [1.82, 2.24) is 15.0 Å². The molecule has 3 rings (SSSR count). The standard InChI is InChI=1S/C13H8BrN5O3/c14-8-3-4-9(10-7(8)2-1-5-16-10)22-13-11(19(20)21)12(15)17-6-18-13/h1-6H,(H2,15,17,18). The molecule has 0 spiro atoms. The number of aromatic nitrogens is 3. The number of hydrogen-bond donors (Lipinski definition) is 1. The summed E-state index contributed by atoms with van der Waals surface area (Å²) in [4.78, 5) is 22.0. The fourth-order valence-corrected chi connectivity index (χ4v) is 2.37. The van der Waals surface area contributed by atoms with Crippen molar-refractivity contribution in [3.8, 4) is 11.6 Å². The van der Waals surface area contributed by atoms with Crippen LogP contribution in [0, 0.1) is 10.1 Å². The average Bonchev–Trinajstić information content (AvgIpc) is 2.50. The Morgan fingerprint density at radius 1 is 1.23 bits per heavy atom. The molecule has 0 unspecified atom stereocenters. The first-order valence-electron chi connectivity index (χ1n) is 6.04. The topological polar surface area (TPSA) is 117 Å². The van der Waals surface area contributed by atoms with Gasteiger partial charge in [-0.25, -0.2) is 4.98 Å². The van der Waals surface area contributed by atoms with Gasteiger partial charge in [-0.15, -0.1) is 0 Å². The van der Waals surface area contributed by atoms with E-state index in [-0.39, 0.29) is 11.7 Å². The van der Waals surface area contributed by atoms with Gasteiger partial charge in [-0.2, -0.15) is 4.98 Å². The van der Waals surface area contributed by atoms with E-state index in [9.17, 15) is 10.1 Å². The molecule has 2 N–H and O–H groups in total. The second-order valence-corrected chi connectivity index (χ2v) is 5.07. The molecule has 0 radical (unpaired) electrons. The summed E-state index contributed by atoms with van der Waals surface area (Å²) in [5.41, 5.74) is 5.58. The average molecular weight is 362 g/mol. The molecule has 0 saturated carbocycles. The van der Waals surface area contributed by atoms with Crippen LogP contribution in [0.4, 0.5) is 11.5 Å². The second kappa shape index (κ2) is 5.53. The van der Waals surface area contributed by atoms with Crippen LogP contribution in [0.2, 0.25) is 0 Å². The highest BCUT2D eigenvalue weighted by molar-refractivity contribution is 9.10. The summed E-state index contributed by atoms with van der Waals surface area (Å²) < 4.78 is 6.40. The first-order valence-corrected chi connectivity index (χ1v) is 6.83. The fourth-order valence-electron chi connectivity index (χ4n) is 1.92. The predicted octanol–water partition coefficient (Wildman–Crippen LogP) is 3.07. The van der Waals surface area contributed by atoms with Crippen LogP contribution in [0.3, 0.4) is 0 Å². The van der Waals surface area contributed by atoms with Gasteiger partial charge in [0.2, 0.25) is 5.82 Å². The third-order valence-electron chi connectivity index (χ3n) is 2.89. The van der Waals surface area contributed by atoms with Crippen LogP contribution in [-0.4, -0.2) is 19.9 Å². The van der Waals surface area contributed by atoms with Gasteiger partial charge in [0.25, 0.3) is 0 Å². The predicted molar refractivity (Wildman–Crippen MR) is 82.6 cm³/mol. The number of hydrogen-bond acceptors (Lipinski definition) is 7. The largest absolute Gasteiger partial charge is 0.431 e. The van der Waals surface area contributed by atoms with E-state index in [2.05, 4.69) is 30.9 Å². The van der Waals surface area contributed by atoms with E-state index in [0.717, 1.165) is 16.2 Å². The number of pyridine rings is 1. The molecule has 8 nitrogen and oxygen atoms in total. The molecule has 0 aliphatic carbocycles. The molecular formula is C13H8BrN5O3. The van der Waals surface area contributed by atoms with Crippen LogP contribution in [0.15, 0.2) is 41.3 Å². The number of nitro groups is 1. The van der Waals surface area contributed by atoms with Gasteiger partial charge in [0, 0.05) is 16.1 Å². The van der Waals surface area contributed by atoms with Crippen molar-refractivity contribution < 1.29 is 9.66 Å². The zero-order chi connectivity index (χ0) is 15.7. The first-order chi connectivity index (χ1) is 10.6. The lowest BCUT2D eigenvalue weighted by Crippen LogP contribution is -2.03. The molecule has 110 valence electrons. The molecule has 0 aliphatic rings. The Kier molecular flexibility index (Phi) is 3.55. The first kappa shape index (κ1) is 14.1. The van der Waals surface area contributed by atoms with E-state index in [0.29, 0.717) is 11.3 Å². The number of benzene rings is 1. The SMILES string of the molecule is Nc1ncnc(Oc2ccc(Br)c3cccnc23)c1[N+](=O)[O-]. The Bertz CT molecular complexity index is 887. The van der Waals surface area contributed by atoms with Gasteiger partial charge in [0.15, 0.2) is 5.75 Å². The van der Waals surface area contributed by atoms with Crippen molar-refractivity contribution in [1.29, 1.82) is 0 Å². The van der Waals surface area contributed by atoms with Crippen molar-refractivity contribution in [2.75, 3.05) is 5.73 Å². The normalized spacial score (nSPS) is 10.6. The fraction of sp³-hybridized carbons (Fsp3) is 0. The Hall–Kier alpha value is -2.81. The number of nitrogen functional groups attached to an aromatic ring is 1. The van der Waals surface area contributed by atoms with Crippen molar-refractivity contribution in [3.63, 3.8) is 0 Å². The number of nitrogens with zero attached hydrogens (tertiary/aromatic N) is 4. The lowest BCUT2D eigenvalue weighted by Gasteiger charge is -2.09. The van der Waals surface area contributed by atoms with Crippen molar-refractivity contribution >= 4 is 38.3 Å². The Labute approximate surface area is 132 Å². The zero-order valence-corrected chi connectivity index (χ0v) is 12.5. The highest BCUT2D eigenvalue weighted by atomic mass is 79.9. The molecule has 9 heteroatoms. The number of anilines is 1. The summed E-state index contributed by atoms with van der Waals surface area (Å²) in [6.45, 7) is 0. The number of fused-ring (bicyclic) bond motifs is 1.